The van der Waals surface area contributed by atoms with Gasteiger partial charge in [0.1, 0.15) is 5.69 Å². The van der Waals surface area contributed by atoms with Crippen molar-refractivity contribution in [2.45, 2.75) is 0 Å². The van der Waals surface area contributed by atoms with Gasteiger partial charge in [0, 0.05) is 0 Å². The average Bonchev–Trinajstić information content (AvgIpc) is 2.89. The van der Waals surface area contributed by atoms with Gasteiger partial charge in [0.15, 0.2) is 5.82 Å². The number of halogens is 1. The van der Waals surface area contributed by atoms with Crippen LogP contribution in [0.4, 0.5) is 11.4 Å². The van der Waals surface area contributed by atoms with Crippen molar-refractivity contribution in [3.05, 3.63) is 30.3 Å². The molecule has 4 N–H and O–H groups in total. The van der Waals surface area contributed by atoms with E-state index in [2.05, 4.69) is 57.2 Å². The van der Waals surface area contributed by atoms with Crippen LogP contribution in [0.5, 0.6) is 0 Å². The molecule has 1 aromatic carbocycles. The number of nitrogen functional groups attached to an aromatic ring is 1. The smallest absolute Gasteiger partial charge is 0.157 e. The fraction of sp³-hybridized carbons (Fsp3) is 0. The summed E-state index contributed by atoms with van der Waals surface area (Å²) in [7, 11) is 2.58. The van der Waals surface area contributed by atoms with E-state index in [0.717, 1.165) is 33.5 Å². The molecule has 0 bridgehead atoms. The van der Waals surface area contributed by atoms with Crippen LogP contribution in [0.15, 0.2) is 35.3 Å². The van der Waals surface area contributed by atoms with Crippen LogP contribution in [0.3, 0.4) is 0 Å². The number of pyridine rings is 1. The number of aliphatic imine (C=N–C) groups is 1. The molecule has 0 saturated heterocycles. The molecule has 0 saturated carbocycles. The normalized spacial score (nSPS) is 11.4. The maximum atomic E-state index is 5.53. The van der Waals surface area contributed by atoms with Crippen molar-refractivity contribution >= 4 is 63.9 Å². The first-order valence-corrected chi connectivity index (χ1v) is 7.89. The molecule has 0 aliphatic carbocycles. The van der Waals surface area contributed by atoms with E-state index >= 15 is 0 Å². The van der Waals surface area contributed by atoms with Crippen molar-refractivity contribution in [1.29, 1.82) is 0 Å². The first-order chi connectivity index (χ1) is 10.2. The van der Waals surface area contributed by atoms with Crippen molar-refractivity contribution in [1.82, 2.24) is 15.0 Å². The predicted molar refractivity (Wildman–Crippen MR) is 98.7 cm³/mol. The lowest BCUT2D eigenvalue weighted by atomic mass is 10.2. The molecule has 0 amide bonds. The summed E-state index contributed by atoms with van der Waals surface area (Å²) in [6.07, 6.45) is 0. The Bertz CT molecular complexity index is 829. The lowest BCUT2D eigenvalue weighted by Crippen LogP contribution is -2.06. The molecule has 0 aliphatic rings. The number of hydrazine groups is 1. The summed E-state index contributed by atoms with van der Waals surface area (Å²) in [6, 6.07) is 9.54. The van der Waals surface area contributed by atoms with Crippen molar-refractivity contribution < 1.29 is 0 Å². The van der Waals surface area contributed by atoms with Gasteiger partial charge in [-0.2, -0.15) is 0 Å². The number of hydrogen-bond acceptors (Lipinski definition) is 5. The maximum Gasteiger partial charge on any atom is 0.157 e. The number of aromatic amines is 1. The Kier molecular flexibility index (Phi) is 4.14. The van der Waals surface area contributed by atoms with E-state index in [1.165, 1.54) is 0 Å². The number of fused-ring (bicyclic) bond motifs is 1. The van der Waals surface area contributed by atoms with Crippen molar-refractivity contribution in [2.75, 3.05) is 5.43 Å². The standard InChI is InChI=1S/C13H12IN6P/c14-6-16-8-4-9-10(5-11(8)20-15)19-13(18-9)7-2-1-3-12(21)17-7/h1-6,20H,15,21H2,(H,18,19). The van der Waals surface area contributed by atoms with Gasteiger partial charge in [-0.05, 0) is 46.9 Å². The minimum Gasteiger partial charge on any atom is -0.337 e. The van der Waals surface area contributed by atoms with Crippen molar-refractivity contribution in [3.8, 4) is 11.5 Å². The number of nitrogens with zero attached hydrogens (tertiary/aromatic N) is 3. The number of hydrogen-bond donors (Lipinski definition) is 3. The first kappa shape index (κ1) is 14.4. The number of nitrogens with one attached hydrogen (secondary N) is 2. The summed E-state index contributed by atoms with van der Waals surface area (Å²) in [5.41, 5.74) is 7.47. The van der Waals surface area contributed by atoms with E-state index in [1.807, 2.05) is 30.3 Å². The van der Waals surface area contributed by atoms with Gasteiger partial charge in [-0.15, -0.1) is 0 Å². The molecule has 1 unspecified atom stereocenters. The summed E-state index contributed by atoms with van der Waals surface area (Å²) in [5.74, 6) is 6.25. The average molecular weight is 410 g/mol. The van der Waals surface area contributed by atoms with Crippen LogP contribution in [0.25, 0.3) is 22.6 Å². The molecular formula is C13H12IN6P. The Morgan fingerprint density at radius 3 is 2.90 bits per heavy atom. The van der Waals surface area contributed by atoms with Crippen molar-refractivity contribution in [3.63, 3.8) is 0 Å². The molecule has 1 atom stereocenters. The molecule has 0 radical (unpaired) electrons. The highest BCUT2D eigenvalue weighted by Crippen LogP contribution is 2.30. The number of aromatic nitrogens is 3. The molecular weight excluding hydrogens is 398 g/mol. The Balaban J connectivity index is 2.16. The minimum absolute atomic E-state index is 0.716. The third-order valence-corrected chi connectivity index (χ3v) is 3.56. The lowest BCUT2D eigenvalue weighted by molar-refractivity contribution is 1.26. The second-order valence-electron chi connectivity index (χ2n) is 4.29. The third-order valence-electron chi connectivity index (χ3n) is 2.96. The molecule has 2 aromatic heterocycles. The molecule has 6 nitrogen and oxygen atoms in total. The molecule has 3 aromatic rings. The predicted octanol–water partition coefficient (Wildman–Crippen LogP) is 2.51. The molecule has 21 heavy (non-hydrogen) atoms. The van der Waals surface area contributed by atoms with Crippen LogP contribution in [0, 0.1) is 0 Å². The van der Waals surface area contributed by atoms with E-state index in [9.17, 15) is 0 Å². The van der Waals surface area contributed by atoms with Gasteiger partial charge < -0.3 is 10.4 Å². The second kappa shape index (κ2) is 6.05. The van der Waals surface area contributed by atoms with E-state index < -0.39 is 0 Å². The Morgan fingerprint density at radius 2 is 2.19 bits per heavy atom. The number of benzene rings is 1. The molecule has 0 fully saturated rings. The Morgan fingerprint density at radius 1 is 1.33 bits per heavy atom. The van der Waals surface area contributed by atoms with Gasteiger partial charge in [-0.1, -0.05) is 15.3 Å². The van der Waals surface area contributed by atoms with Crippen molar-refractivity contribution in [2.24, 2.45) is 10.8 Å². The fourth-order valence-corrected chi connectivity index (χ4v) is 2.58. The summed E-state index contributed by atoms with van der Waals surface area (Å²) in [5, 5.41) is 0. The monoisotopic (exact) mass is 410 g/mol. The molecule has 3 rings (SSSR count). The molecule has 2 heterocycles. The van der Waals surface area contributed by atoms with Gasteiger partial charge in [0.05, 0.1) is 32.1 Å². The van der Waals surface area contributed by atoms with Crippen LogP contribution in [-0.2, 0) is 0 Å². The molecule has 0 aliphatic heterocycles. The number of nitrogens with two attached hydrogens (primary N) is 1. The van der Waals surface area contributed by atoms with E-state index in [1.54, 1.807) is 4.22 Å². The van der Waals surface area contributed by atoms with E-state index in [0.29, 0.717) is 5.82 Å². The van der Waals surface area contributed by atoms with Crippen LogP contribution in [0.1, 0.15) is 0 Å². The minimum atomic E-state index is 0.716. The SMILES string of the molecule is NNc1cc2[nH]c(-c3cccc(P)n3)nc2cc1N=CI. The molecule has 106 valence electrons. The zero-order valence-electron chi connectivity index (χ0n) is 10.8. The molecule has 8 heteroatoms. The van der Waals surface area contributed by atoms with Gasteiger partial charge in [-0.3, -0.25) is 5.84 Å². The van der Waals surface area contributed by atoms with E-state index in [4.69, 9.17) is 5.84 Å². The third kappa shape index (κ3) is 2.90. The van der Waals surface area contributed by atoms with Gasteiger partial charge in [0.2, 0.25) is 0 Å². The highest BCUT2D eigenvalue weighted by Gasteiger charge is 2.10. The summed E-state index contributed by atoms with van der Waals surface area (Å²) < 4.78 is 1.69. The fourth-order valence-electron chi connectivity index (χ4n) is 2.03. The summed E-state index contributed by atoms with van der Waals surface area (Å²) in [4.78, 5) is 16.5. The first-order valence-electron chi connectivity index (χ1n) is 6.07. The number of H-pyrrole nitrogens is 1. The number of rotatable bonds is 3. The second-order valence-corrected chi connectivity index (χ2v) is 5.44. The van der Waals surface area contributed by atoms with Gasteiger partial charge in [-0.25, -0.2) is 15.0 Å². The Labute approximate surface area is 137 Å². The maximum absolute atomic E-state index is 5.53. The highest BCUT2D eigenvalue weighted by atomic mass is 127. The van der Waals surface area contributed by atoms with Crippen LogP contribution >= 0.6 is 31.8 Å². The Hall–Kier alpha value is -1.57. The topological polar surface area (TPSA) is 92.0 Å². The zero-order valence-corrected chi connectivity index (χ0v) is 14.2. The zero-order chi connectivity index (χ0) is 14.8. The molecule has 0 spiro atoms. The highest BCUT2D eigenvalue weighted by molar-refractivity contribution is 14.1. The van der Waals surface area contributed by atoms with Gasteiger partial charge >= 0.3 is 0 Å². The summed E-state index contributed by atoms with van der Waals surface area (Å²) >= 11 is 2.07. The van der Waals surface area contributed by atoms with Crippen LogP contribution in [-0.4, -0.2) is 19.2 Å². The van der Waals surface area contributed by atoms with E-state index in [-0.39, 0.29) is 0 Å². The quantitative estimate of drug-likeness (QED) is 0.204. The largest absolute Gasteiger partial charge is 0.337 e. The lowest BCUT2D eigenvalue weighted by Gasteiger charge is -2.03. The van der Waals surface area contributed by atoms with Gasteiger partial charge in [0.25, 0.3) is 0 Å². The number of imidazole rings is 1. The van der Waals surface area contributed by atoms with Crippen LogP contribution < -0.4 is 16.7 Å². The van der Waals surface area contributed by atoms with Crippen LogP contribution in [0.2, 0.25) is 0 Å². The number of anilines is 1. The summed E-state index contributed by atoms with van der Waals surface area (Å²) in [6.45, 7) is 0.